The molecular weight excluding hydrogens is 391 g/mol. The van der Waals surface area contributed by atoms with E-state index in [9.17, 15) is 14.0 Å². The zero-order valence-corrected chi connectivity index (χ0v) is 16.6. The Bertz CT molecular complexity index is 1040. The summed E-state index contributed by atoms with van der Waals surface area (Å²) in [6.45, 7) is 4.30. The Morgan fingerprint density at radius 1 is 1.13 bits per heavy atom. The SMILES string of the molecule is CC(C)CC(N)c1ccccc1-c1noc2cc(F)ccc12.O=C(O)/C=C/C(=O)O. The first-order valence-corrected chi connectivity index (χ1v) is 9.22. The molecule has 0 amide bonds. The van der Waals surface area contributed by atoms with Gasteiger partial charge in [-0.05, 0) is 30.0 Å². The van der Waals surface area contributed by atoms with Gasteiger partial charge in [0.15, 0.2) is 5.58 Å². The minimum absolute atomic E-state index is 0.0663. The molecule has 3 rings (SSSR count). The molecule has 8 heteroatoms. The van der Waals surface area contributed by atoms with Gasteiger partial charge in [0.1, 0.15) is 11.5 Å². The second-order valence-corrected chi connectivity index (χ2v) is 7.00. The predicted octanol–water partition coefficient (Wildman–Crippen LogP) is 4.39. The Labute approximate surface area is 172 Å². The van der Waals surface area contributed by atoms with Crippen LogP contribution in [0.25, 0.3) is 22.2 Å². The van der Waals surface area contributed by atoms with Gasteiger partial charge in [-0.15, -0.1) is 0 Å². The van der Waals surface area contributed by atoms with Gasteiger partial charge >= 0.3 is 11.9 Å². The van der Waals surface area contributed by atoms with Crippen molar-refractivity contribution in [3.05, 3.63) is 66.0 Å². The smallest absolute Gasteiger partial charge is 0.328 e. The van der Waals surface area contributed by atoms with Crippen molar-refractivity contribution in [1.29, 1.82) is 0 Å². The molecule has 2 aromatic carbocycles. The molecule has 0 aliphatic carbocycles. The number of aliphatic carboxylic acids is 2. The van der Waals surface area contributed by atoms with E-state index in [1.54, 1.807) is 6.07 Å². The number of hydrogen-bond acceptors (Lipinski definition) is 5. The van der Waals surface area contributed by atoms with E-state index in [2.05, 4.69) is 19.0 Å². The number of fused-ring (bicyclic) bond motifs is 1. The highest BCUT2D eigenvalue weighted by atomic mass is 19.1. The van der Waals surface area contributed by atoms with Crippen LogP contribution in [-0.4, -0.2) is 27.3 Å². The summed E-state index contributed by atoms with van der Waals surface area (Å²) in [7, 11) is 0. The number of benzene rings is 2. The van der Waals surface area contributed by atoms with E-state index < -0.39 is 11.9 Å². The number of nitrogens with zero attached hydrogens (tertiary/aromatic N) is 1. The summed E-state index contributed by atoms with van der Waals surface area (Å²) in [4.78, 5) is 19.1. The lowest BCUT2D eigenvalue weighted by Crippen LogP contribution is -2.14. The average molecular weight is 414 g/mol. The molecule has 0 aliphatic heterocycles. The normalized spacial score (nSPS) is 12.0. The van der Waals surface area contributed by atoms with E-state index in [1.807, 2.05) is 24.3 Å². The van der Waals surface area contributed by atoms with Crippen LogP contribution in [-0.2, 0) is 9.59 Å². The lowest BCUT2D eigenvalue weighted by atomic mass is 9.92. The second kappa shape index (κ2) is 10.3. The van der Waals surface area contributed by atoms with E-state index in [4.69, 9.17) is 20.5 Å². The summed E-state index contributed by atoms with van der Waals surface area (Å²) >= 11 is 0. The van der Waals surface area contributed by atoms with Crippen LogP contribution in [0.1, 0.15) is 31.9 Å². The summed E-state index contributed by atoms with van der Waals surface area (Å²) < 4.78 is 18.6. The molecular formula is C22H23FN2O5. The third-order valence-electron chi connectivity index (χ3n) is 4.14. The van der Waals surface area contributed by atoms with Crippen molar-refractivity contribution in [3.8, 4) is 11.3 Å². The van der Waals surface area contributed by atoms with Crippen LogP contribution in [0, 0.1) is 11.7 Å². The van der Waals surface area contributed by atoms with Crippen LogP contribution in [0.2, 0.25) is 0 Å². The maximum Gasteiger partial charge on any atom is 0.328 e. The highest BCUT2D eigenvalue weighted by Gasteiger charge is 2.18. The minimum atomic E-state index is -1.26. The lowest BCUT2D eigenvalue weighted by Gasteiger charge is -2.17. The fourth-order valence-corrected chi connectivity index (χ4v) is 2.92. The summed E-state index contributed by atoms with van der Waals surface area (Å²) in [6.07, 6.45) is 2.01. The van der Waals surface area contributed by atoms with E-state index in [-0.39, 0.29) is 11.9 Å². The monoisotopic (exact) mass is 414 g/mol. The predicted molar refractivity (Wildman–Crippen MR) is 110 cm³/mol. The largest absolute Gasteiger partial charge is 0.478 e. The second-order valence-electron chi connectivity index (χ2n) is 7.00. The van der Waals surface area contributed by atoms with Crippen molar-refractivity contribution < 1.29 is 28.7 Å². The van der Waals surface area contributed by atoms with Crippen LogP contribution in [0.4, 0.5) is 4.39 Å². The first kappa shape index (κ1) is 22.8. The quantitative estimate of drug-likeness (QED) is 0.511. The molecule has 1 atom stereocenters. The van der Waals surface area contributed by atoms with Gasteiger partial charge in [0.05, 0.1) is 0 Å². The standard InChI is InChI=1S/C18H19FN2O.C4H4O4/c1-11(2)9-16(20)13-5-3-4-6-14(13)18-15-8-7-12(19)10-17(15)22-21-18;5-3(6)1-2-4(7)8/h3-8,10-11,16H,9,20H2,1-2H3;1-2H,(H,5,6)(H,7,8)/b;2-1+. The Kier molecular flexibility index (Phi) is 7.83. The molecule has 0 fully saturated rings. The maximum atomic E-state index is 13.3. The summed E-state index contributed by atoms with van der Waals surface area (Å²) in [5, 5.41) is 20.6. The van der Waals surface area contributed by atoms with Crippen molar-refractivity contribution in [1.82, 2.24) is 5.16 Å². The third-order valence-corrected chi connectivity index (χ3v) is 4.14. The third kappa shape index (κ3) is 6.25. The summed E-state index contributed by atoms with van der Waals surface area (Å²) in [5.74, 6) is -2.34. The van der Waals surface area contributed by atoms with Crippen molar-refractivity contribution >= 4 is 22.9 Å². The average Bonchev–Trinajstić information content (AvgIpc) is 3.09. The molecule has 3 aromatic rings. The van der Waals surface area contributed by atoms with Gasteiger partial charge in [-0.3, -0.25) is 0 Å². The maximum absolute atomic E-state index is 13.3. The number of carboxylic acid groups (broad SMARTS) is 2. The van der Waals surface area contributed by atoms with Crippen molar-refractivity contribution in [3.63, 3.8) is 0 Å². The Morgan fingerprint density at radius 3 is 2.37 bits per heavy atom. The van der Waals surface area contributed by atoms with E-state index in [0.29, 0.717) is 29.3 Å². The van der Waals surface area contributed by atoms with Gasteiger partial charge in [0.25, 0.3) is 0 Å². The highest BCUT2D eigenvalue weighted by Crippen LogP contribution is 2.34. The number of rotatable bonds is 6. The minimum Gasteiger partial charge on any atom is -0.478 e. The molecule has 0 radical (unpaired) electrons. The molecule has 0 saturated heterocycles. The highest BCUT2D eigenvalue weighted by molar-refractivity contribution is 5.92. The molecule has 1 aromatic heterocycles. The first-order chi connectivity index (χ1) is 14.2. The number of carbonyl (C=O) groups is 2. The molecule has 1 heterocycles. The van der Waals surface area contributed by atoms with Crippen LogP contribution < -0.4 is 5.73 Å². The van der Waals surface area contributed by atoms with Gasteiger partial charge < -0.3 is 20.5 Å². The van der Waals surface area contributed by atoms with E-state index >= 15 is 0 Å². The van der Waals surface area contributed by atoms with Crippen LogP contribution in [0.15, 0.2) is 59.1 Å². The number of hydrogen-bond donors (Lipinski definition) is 3. The molecule has 0 spiro atoms. The van der Waals surface area contributed by atoms with Crippen molar-refractivity contribution in [2.24, 2.45) is 11.7 Å². The molecule has 7 nitrogen and oxygen atoms in total. The first-order valence-electron chi connectivity index (χ1n) is 9.22. The molecule has 158 valence electrons. The Hall–Kier alpha value is -3.52. The molecule has 1 unspecified atom stereocenters. The van der Waals surface area contributed by atoms with Crippen LogP contribution in [0.5, 0.6) is 0 Å². The Morgan fingerprint density at radius 2 is 1.77 bits per heavy atom. The Balaban J connectivity index is 0.000000343. The fraction of sp³-hybridized carbons (Fsp3) is 0.227. The molecule has 30 heavy (non-hydrogen) atoms. The van der Waals surface area contributed by atoms with E-state index in [1.165, 1.54) is 12.1 Å². The van der Waals surface area contributed by atoms with Crippen LogP contribution in [0.3, 0.4) is 0 Å². The van der Waals surface area contributed by atoms with Gasteiger partial charge in [-0.2, -0.15) is 0 Å². The van der Waals surface area contributed by atoms with Gasteiger partial charge in [0, 0.05) is 35.2 Å². The molecule has 4 N–H and O–H groups in total. The fourth-order valence-electron chi connectivity index (χ4n) is 2.92. The van der Waals surface area contributed by atoms with Gasteiger partial charge in [0.2, 0.25) is 0 Å². The summed E-state index contributed by atoms with van der Waals surface area (Å²) in [5.41, 5.74) is 9.50. The molecule has 0 aliphatic rings. The van der Waals surface area contributed by atoms with Gasteiger partial charge in [-0.1, -0.05) is 43.3 Å². The topological polar surface area (TPSA) is 127 Å². The van der Waals surface area contributed by atoms with Crippen molar-refractivity contribution in [2.45, 2.75) is 26.3 Å². The lowest BCUT2D eigenvalue weighted by molar-refractivity contribution is -0.134. The summed E-state index contributed by atoms with van der Waals surface area (Å²) in [6, 6.07) is 12.3. The molecule has 0 saturated carbocycles. The number of aromatic nitrogens is 1. The van der Waals surface area contributed by atoms with Gasteiger partial charge in [-0.25, -0.2) is 14.0 Å². The zero-order valence-electron chi connectivity index (χ0n) is 16.6. The van der Waals surface area contributed by atoms with Crippen molar-refractivity contribution in [2.75, 3.05) is 0 Å². The number of nitrogens with two attached hydrogens (primary N) is 1. The zero-order chi connectivity index (χ0) is 22.3. The molecule has 0 bridgehead atoms. The number of carboxylic acids is 2. The van der Waals surface area contributed by atoms with E-state index in [0.717, 1.165) is 22.9 Å². The van der Waals surface area contributed by atoms with Crippen LogP contribution >= 0.6 is 0 Å². The number of halogens is 1.